The van der Waals surface area contributed by atoms with Gasteiger partial charge in [-0.3, -0.25) is 9.59 Å². The Hall–Kier alpha value is -3.86. The lowest BCUT2D eigenvalue weighted by Crippen LogP contribution is -2.40. The molecule has 2 unspecified atom stereocenters. The number of imide groups is 1. The normalized spacial score (nSPS) is 22.0. The molecule has 6 rings (SSSR count). The van der Waals surface area contributed by atoms with E-state index in [0.717, 1.165) is 47.7 Å². The molecular formula is C28H24N2O3. The summed E-state index contributed by atoms with van der Waals surface area (Å²) in [4.78, 5) is 27.6. The number of benzene rings is 3. The smallest absolute Gasteiger partial charge is 0.258 e. The minimum absolute atomic E-state index is 0.290. The zero-order valence-electron chi connectivity index (χ0n) is 18.1. The molecule has 1 N–H and O–H groups in total. The van der Waals surface area contributed by atoms with Crippen molar-refractivity contribution >= 4 is 40.0 Å². The van der Waals surface area contributed by atoms with Gasteiger partial charge in [0.05, 0.1) is 5.69 Å². The summed E-state index contributed by atoms with van der Waals surface area (Å²) in [5.41, 5.74) is 4.37. The number of carbonyl (C=O) groups is 2. The number of hydrogen-bond donors (Lipinski definition) is 1. The lowest BCUT2D eigenvalue weighted by molar-refractivity contribution is -0.119. The van der Waals surface area contributed by atoms with Crippen LogP contribution in [0.1, 0.15) is 31.2 Å². The molecule has 3 heterocycles. The van der Waals surface area contributed by atoms with Crippen LogP contribution < -0.4 is 9.80 Å². The van der Waals surface area contributed by atoms with E-state index in [2.05, 4.69) is 17.0 Å². The summed E-state index contributed by atoms with van der Waals surface area (Å²) in [5.74, 6) is -0.260. The summed E-state index contributed by atoms with van der Waals surface area (Å²) in [5, 5.41) is 12.2. The van der Waals surface area contributed by atoms with Crippen molar-refractivity contribution in [3.8, 4) is 5.75 Å². The Morgan fingerprint density at radius 1 is 0.758 bits per heavy atom. The zero-order chi connectivity index (χ0) is 22.5. The molecule has 3 aliphatic heterocycles. The molecule has 0 saturated carbocycles. The van der Waals surface area contributed by atoms with Crippen molar-refractivity contribution in [1.29, 1.82) is 0 Å². The molecule has 0 aliphatic carbocycles. The topological polar surface area (TPSA) is 60.9 Å². The summed E-state index contributed by atoms with van der Waals surface area (Å²) in [6.45, 7) is 0. The van der Waals surface area contributed by atoms with E-state index in [4.69, 9.17) is 0 Å². The molecule has 3 aliphatic rings. The molecule has 0 aromatic heterocycles. The van der Waals surface area contributed by atoms with Gasteiger partial charge < -0.3 is 10.0 Å². The number of hydrogen-bond acceptors (Lipinski definition) is 4. The zero-order valence-corrected chi connectivity index (χ0v) is 18.1. The number of phenols is 1. The Balaban J connectivity index is 1.25. The van der Waals surface area contributed by atoms with Crippen molar-refractivity contribution in [2.75, 3.05) is 9.80 Å². The quantitative estimate of drug-likeness (QED) is 0.574. The highest BCUT2D eigenvalue weighted by Gasteiger charge is 2.38. The van der Waals surface area contributed by atoms with Gasteiger partial charge in [-0.1, -0.05) is 42.0 Å². The van der Waals surface area contributed by atoms with Crippen LogP contribution in [0, 0.1) is 0 Å². The van der Waals surface area contributed by atoms with Crippen molar-refractivity contribution in [2.24, 2.45) is 0 Å². The van der Waals surface area contributed by atoms with Crippen LogP contribution in [0.5, 0.6) is 5.75 Å². The molecule has 2 atom stereocenters. The van der Waals surface area contributed by atoms with E-state index in [1.54, 1.807) is 6.07 Å². The maximum Gasteiger partial charge on any atom is 0.258 e. The Bertz CT molecular complexity index is 1310. The molecule has 0 radical (unpaired) electrons. The van der Waals surface area contributed by atoms with E-state index >= 15 is 0 Å². The second kappa shape index (κ2) is 7.62. The number of anilines is 2. The average molecular weight is 437 g/mol. The van der Waals surface area contributed by atoms with Gasteiger partial charge in [0.15, 0.2) is 0 Å². The summed E-state index contributed by atoms with van der Waals surface area (Å²) in [6.07, 6.45) is 9.28. The highest BCUT2D eigenvalue weighted by Crippen LogP contribution is 2.43. The Morgan fingerprint density at radius 2 is 1.36 bits per heavy atom. The molecule has 33 heavy (non-hydrogen) atoms. The summed E-state index contributed by atoms with van der Waals surface area (Å²) in [6, 6.07) is 20.5. The number of amides is 2. The van der Waals surface area contributed by atoms with E-state index in [0.29, 0.717) is 23.5 Å². The van der Waals surface area contributed by atoms with E-state index in [1.165, 1.54) is 22.6 Å². The van der Waals surface area contributed by atoms with Crippen molar-refractivity contribution in [2.45, 2.75) is 37.8 Å². The third kappa shape index (κ3) is 3.32. The molecule has 2 amide bonds. The maximum atomic E-state index is 12.0. The van der Waals surface area contributed by atoms with E-state index in [1.807, 2.05) is 48.5 Å². The van der Waals surface area contributed by atoms with Gasteiger partial charge in [-0.15, -0.1) is 0 Å². The first-order chi connectivity index (χ1) is 16.1. The molecule has 2 fully saturated rings. The summed E-state index contributed by atoms with van der Waals surface area (Å²) >= 11 is 0. The minimum atomic E-state index is -0.290. The Kier molecular flexibility index (Phi) is 4.57. The first-order valence-corrected chi connectivity index (χ1v) is 11.4. The number of fused-ring (bicyclic) bond motifs is 3. The largest absolute Gasteiger partial charge is 0.507 e. The lowest BCUT2D eigenvalue weighted by Gasteiger charge is -2.38. The van der Waals surface area contributed by atoms with Crippen LogP contribution in [-0.4, -0.2) is 29.0 Å². The van der Waals surface area contributed by atoms with Crippen LogP contribution in [0.2, 0.25) is 0 Å². The van der Waals surface area contributed by atoms with Crippen molar-refractivity contribution in [1.82, 2.24) is 0 Å². The van der Waals surface area contributed by atoms with Gasteiger partial charge in [-0.05, 0) is 67.0 Å². The maximum absolute atomic E-state index is 12.0. The highest BCUT2D eigenvalue weighted by atomic mass is 16.3. The number of aromatic hydroxyl groups is 1. The molecule has 3 aromatic rings. The third-order valence-electron chi connectivity index (χ3n) is 7.13. The van der Waals surface area contributed by atoms with Gasteiger partial charge in [0.2, 0.25) is 0 Å². The first kappa shape index (κ1) is 19.8. The van der Waals surface area contributed by atoms with Gasteiger partial charge in [0.25, 0.3) is 11.8 Å². The monoisotopic (exact) mass is 436 g/mol. The second-order valence-electron chi connectivity index (χ2n) is 9.08. The standard InChI is InChI=1S/C28H24N2O3/c31-26-12-5-19(24-3-1-2-4-25(24)26)15-18-16-22-10-11-23(17-18)29(22)20-6-8-21(9-7-20)30-27(32)13-14-28(30)33/h1-9,12-15,22-23,31H,10-11,16-17H2. The van der Waals surface area contributed by atoms with Crippen LogP contribution >= 0.6 is 0 Å². The van der Waals surface area contributed by atoms with Crippen molar-refractivity contribution in [3.05, 3.63) is 84.0 Å². The molecule has 164 valence electrons. The van der Waals surface area contributed by atoms with Crippen LogP contribution in [0.15, 0.2) is 78.4 Å². The van der Waals surface area contributed by atoms with E-state index < -0.39 is 0 Å². The SMILES string of the molecule is O=C1C=CC(=O)N1c1ccc(N2C3CCC2CC(=Cc2ccc(O)c4ccccc24)C3)cc1. The molecule has 3 aromatic carbocycles. The number of rotatable bonds is 3. The van der Waals surface area contributed by atoms with E-state index in [-0.39, 0.29) is 11.8 Å². The molecule has 2 saturated heterocycles. The molecule has 2 bridgehead atoms. The van der Waals surface area contributed by atoms with Gasteiger partial charge in [-0.25, -0.2) is 4.90 Å². The van der Waals surface area contributed by atoms with Crippen molar-refractivity contribution < 1.29 is 14.7 Å². The second-order valence-corrected chi connectivity index (χ2v) is 9.08. The number of phenolic OH excluding ortho intramolecular Hbond substituents is 1. The van der Waals surface area contributed by atoms with Crippen LogP contribution in [0.25, 0.3) is 16.8 Å². The third-order valence-corrected chi connectivity index (χ3v) is 7.13. The Morgan fingerprint density at radius 3 is 2.03 bits per heavy atom. The number of nitrogens with zero attached hydrogens (tertiary/aromatic N) is 2. The average Bonchev–Trinajstić information content (AvgIpc) is 3.30. The van der Waals surface area contributed by atoms with Gasteiger partial charge in [-0.2, -0.15) is 0 Å². The fraction of sp³-hybridized carbons (Fsp3) is 0.214. The minimum Gasteiger partial charge on any atom is -0.507 e. The molecule has 5 heteroatoms. The Labute approximate surface area is 192 Å². The van der Waals surface area contributed by atoms with Gasteiger partial charge in [0, 0.05) is 35.3 Å². The molecule has 0 spiro atoms. The molecule has 5 nitrogen and oxygen atoms in total. The molecular weight excluding hydrogens is 412 g/mol. The predicted octanol–water partition coefficient (Wildman–Crippen LogP) is 5.19. The highest BCUT2D eigenvalue weighted by molar-refractivity contribution is 6.28. The summed E-state index contributed by atoms with van der Waals surface area (Å²) in [7, 11) is 0. The fourth-order valence-electron chi connectivity index (χ4n) is 5.67. The van der Waals surface area contributed by atoms with Gasteiger partial charge >= 0.3 is 0 Å². The van der Waals surface area contributed by atoms with Crippen LogP contribution in [0.4, 0.5) is 11.4 Å². The van der Waals surface area contributed by atoms with Crippen LogP contribution in [0.3, 0.4) is 0 Å². The van der Waals surface area contributed by atoms with Crippen molar-refractivity contribution in [3.63, 3.8) is 0 Å². The number of carbonyl (C=O) groups excluding carboxylic acids is 2. The van der Waals surface area contributed by atoms with Gasteiger partial charge in [0.1, 0.15) is 5.75 Å². The van der Waals surface area contributed by atoms with Crippen LogP contribution in [-0.2, 0) is 9.59 Å². The summed E-state index contributed by atoms with van der Waals surface area (Å²) < 4.78 is 0. The number of piperidine rings is 1. The lowest BCUT2D eigenvalue weighted by atomic mass is 9.92. The fourth-order valence-corrected chi connectivity index (χ4v) is 5.67. The predicted molar refractivity (Wildman–Crippen MR) is 130 cm³/mol. The first-order valence-electron chi connectivity index (χ1n) is 11.4. The van der Waals surface area contributed by atoms with E-state index in [9.17, 15) is 14.7 Å².